The predicted octanol–water partition coefficient (Wildman–Crippen LogP) is 1.25. The zero-order valence-corrected chi connectivity index (χ0v) is 12.2. The van der Waals surface area contributed by atoms with Gasteiger partial charge in [0.2, 0.25) is 0 Å². The highest BCUT2D eigenvalue weighted by Gasteiger charge is 2.02. The molecule has 0 aliphatic rings. The molecule has 0 atom stereocenters. The Hall–Kier alpha value is -3.16. The van der Waals surface area contributed by atoms with Crippen LogP contribution in [-0.2, 0) is 0 Å². The van der Waals surface area contributed by atoms with Crippen LogP contribution in [0.5, 0.6) is 0 Å². The molecule has 0 spiro atoms. The zero-order valence-electron chi connectivity index (χ0n) is 12.2. The molecule has 2 aromatic heterocycles. The number of aromatic nitrogens is 6. The lowest BCUT2D eigenvalue weighted by Crippen LogP contribution is -1.97. The lowest BCUT2D eigenvalue weighted by atomic mass is 10.0. The van der Waals surface area contributed by atoms with Crippen molar-refractivity contribution in [1.29, 1.82) is 0 Å². The maximum absolute atomic E-state index is 4.27. The van der Waals surface area contributed by atoms with Crippen molar-refractivity contribution in [3.8, 4) is 0 Å². The first-order valence-corrected chi connectivity index (χ1v) is 6.61. The van der Waals surface area contributed by atoms with Gasteiger partial charge in [0.1, 0.15) is 25.3 Å². The van der Waals surface area contributed by atoms with E-state index in [0.717, 1.165) is 22.3 Å². The largest absolute Gasteiger partial charge is 0.208 e. The molecular weight excluding hydrogens is 280 g/mol. The maximum Gasteiger partial charge on any atom is 0.141 e. The minimum Gasteiger partial charge on any atom is -0.208 e. The van der Waals surface area contributed by atoms with Crippen molar-refractivity contribution in [2.24, 2.45) is 10.2 Å². The second-order valence-electron chi connectivity index (χ2n) is 4.74. The fourth-order valence-electron chi connectivity index (χ4n) is 1.91. The Balaban J connectivity index is 1.85. The van der Waals surface area contributed by atoms with E-state index in [0.29, 0.717) is 0 Å². The van der Waals surface area contributed by atoms with E-state index in [1.54, 1.807) is 47.1 Å². The summed E-state index contributed by atoms with van der Waals surface area (Å²) in [4.78, 5) is 0. The van der Waals surface area contributed by atoms with Crippen LogP contribution >= 0.6 is 0 Å². The van der Waals surface area contributed by atoms with E-state index in [4.69, 9.17) is 0 Å². The van der Waals surface area contributed by atoms with Crippen molar-refractivity contribution in [2.45, 2.75) is 13.8 Å². The van der Waals surface area contributed by atoms with E-state index in [2.05, 4.69) is 42.7 Å². The molecule has 0 saturated carbocycles. The molecule has 0 aliphatic carbocycles. The molecule has 0 fully saturated rings. The Kier molecular flexibility index (Phi) is 3.82. The van der Waals surface area contributed by atoms with Crippen molar-refractivity contribution in [3.63, 3.8) is 0 Å². The highest BCUT2D eigenvalue weighted by Crippen LogP contribution is 2.13. The monoisotopic (exact) mass is 294 g/mol. The average Bonchev–Trinajstić information content (AvgIpc) is 3.19. The standard InChI is InChI=1S/C14H14N8/c1-11-3-14(6-20-22-9-17-18-10-22)12(2)4-13(11)5-19-21-7-15-16-8-21/h3-10H,1-2H3/b19-5+,20-6+. The lowest BCUT2D eigenvalue weighted by Gasteiger charge is -2.06. The molecule has 8 heteroatoms. The summed E-state index contributed by atoms with van der Waals surface area (Å²) in [5.74, 6) is 0. The highest BCUT2D eigenvalue weighted by molar-refractivity contribution is 5.87. The van der Waals surface area contributed by atoms with E-state index in [9.17, 15) is 0 Å². The van der Waals surface area contributed by atoms with Gasteiger partial charge in [0.05, 0.1) is 12.4 Å². The van der Waals surface area contributed by atoms with Crippen LogP contribution in [-0.4, -0.2) is 42.2 Å². The highest BCUT2D eigenvalue weighted by atomic mass is 15.4. The number of benzene rings is 1. The molecule has 22 heavy (non-hydrogen) atoms. The third-order valence-corrected chi connectivity index (χ3v) is 3.13. The molecule has 8 nitrogen and oxygen atoms in total. The van der Waals surface area contributed by atoms with Crippen molar-refractivity contribution < 1.29 is 0 Å². The number of rotatable bonds is 4. The Bertz CT molecular complexity index is 730. The first kappa shape index (κ1) is 13.8. The predicted molar refractivity (Wildman–Crippen MR) is 81.9 cm³/mol. The number of hydrogen-bond acceptors (Lipinski definition) is 6. The third-order valence-electron chi connectivity index (χ3n) is 3.13. The van der Waals surface area contributed by atoms with Gasteiger partial charge in [-0.3, -0.25) is 0 Å². The summed E-state index contributed by atoms with van der Waals surface area (Å²) in [7, 11) is 0. The number of nitrogens with zero attached hydrogens (tertiary/aromatic N) is 8. The molecule has 0 bridgehead atoms. The normalized spacial score (nSPS) is 11.7. The summed E-state index contributed by atoms with van der Waals surface area (Å²) in [5.41, 5.74) is 4.28. The second kappa shape index (κ2) is 6.08. The average molecular weight is 294 g/mol. The molecule has 2 heterocycles. The van der Waals surface area contributed by atoms with Crippen molar-refractivity contribution in [2.75, 3.05) is 0 Å². The Morgan fingerprint density at radius 2 is 1.09 bits per heavy atom. The minimum absolute atomic E-state index is 1.03. The minimum atomic E-state index is 1.03. The summed E-state index contributed by atoms with van der Waals surface area (Å²) >= 11 is 0. The van der Waals surface area contributed by atoms with Crippen LogP contribution in [0.15, 0.2) is 47.6 Å². The van der Waals surface area contributed by atoms with Gasteiger partial charge in [-0.2, -0.15) is 10.2 Å². The van der Waals surface area contributed by atoms with Crippen LogP contribution in [0.1, 0.15) is 22.3 Å². The van der Waals surface area contributed by atoms with Gasteiger partial charge in [0.15, 0.2) is 0 Å². The summed E-state index contributed by atoms with van der Waals surface area (Å²) in [5, 5.41) is 23.4. The van der Waals surface area contributed by atoms with Gasteiger partial charge in [0.25, 0.3) is 0 Å². The summed E-state index contributed by atoms with van der Waals surface area (Å²) < 4.78 is 3.10. The summed E-state index contributed by atoms with van der Waals surface area (Å²) in [6.07, 6.45) is 9.73. The smallest absolute Gasteiger partial charge is 0.141 e. The SMILES string of the molecule is Cc1cc(/C=N/n2cnnc2)c(C)cc1/C=N/n1cnnc1. The van der Waals surface area contributed by atoms with Crippen LogP contribution in [0, 0.1) is 13.8 Å². The molecule has 0 unspecified atom stereocenters. The lowest BCUT2D eigenvalue weighted by molar-refractivity contribution is 0.877. The molecular formula is C14H14N8. The molecule has 3 rings (SSSR count). The van der Waals surface area contributed by atoms with E-state index >= 15 is 0 Å². The van der Waals surface area contributed by atoms with E-state index < -0.39 is 0 Å². The molecule has 3 aromatic rings. The Morgan fingerprint density at radius 3 is 1.45 bits per heavy atom. The van der Waals surface area contributed by atoms with Gasteiger partial charge in [-0.1, -0.05) is 0 Å². The summed E-state index contributed by atoms with van der Waals surface area (Å²) in [6, 6.07) is 4.13. The van der Waals surface area contributed by atoms with Gasteiger partial charge in [0, 0.05) is 0 Å². The van der Waals surface area contributed by atoms with Crippen molar-refractivity contribution in [3.05, 3.63) is 59.7 Å². The molecule has 110 valence electrons. The van der Waals surface area contributed by atoms with Crippen LogP contribution in [0.4, 0.5) is 0 Å². The van der Waals surface area contributed by atoms with Crippen LogP contribution in [0.2, 0.25) is 0 Å². The quantitative estimate of drug-likeness (QED) is 0.678. The molecule has 0 amide bonds. The molecule has 0 radical (unpaired) electrons. The van der Waals surface area contributed by atoms with Crippen molar-refractivity contribution >= 4 is 12.4 Å². The van der Waals surface area contributed by atoms with Gasteiger partial charge >= 0.3 is 0 Å². The van der Waals surface area contributed by atoms with Crippen LogP contribution < -0.4 is 0 Å². The number of hydrogen-bond donors (Lipinski definition) is 0. The van der Waals surface area contributed by atoms with Gasteiger partial charge in [-0.25, -0.2) is 9.35 Å². The molecule has 0 N–H and O–H groups in total. The van der Waals surface area contributed by atoms with Gasteiger partial charge in [-0.05, 0) is 48.2 Å². The fraction of sp³-hybridized carbons (Fsp3) is 0.143. The second-order valence-corrected chi connectivity index (χ2v) is 4.74. The van der Waals surface area contributed by atoms with Crippen LogP contribution in [0.25, 0.3) is 0 Å². The van der Waals surface area contributed by atoms with Crippen molar-refractivity contribution in [1.82, 2.24) is 29.7 Å². The van der Waals surface area contributed by atoms with E-state index in [1.807, 2.05) is 13.8 Å². The molecule has 1 aromatic carbocycles. The maximum atomic E-state index is 4.27. The fourth-order valence-corrected chi connectivity index (χ4v) is 1.91. The third kappa shape index (κ3) is 3.11. The molecule has 0 saturated heterocycles. The van der Waals surface area contributed by atoms with E-state index in [1.165, 1.54) is 0 Å². The van der Waals surface area contributed by atoms with E-state index in [-0.39, 0.29) is 0 Å². The van der Waals surface area contributed by atoms with Crippen LogP contribution in [0.3, 0.4) is 0 Å². The summed E-state index contributed by atoms with van der Waals surface area (Å²) in [6.45, 7) is 4.06. The van der Waals surface area contributed by atoms with Gasteiger partial charge < -0.3 is 0 Å². The topological polar surface area (TPSA) is 86.1 Å². The Morgan fingerprint density at radius 1 is 0.727 bits per heavy atom. The van der Waals surface area contributed by atoms with Gasteiger partial charge in [-0.15, -0.1) is 20.4 Å². The number of aryl methyl sites for hydroxylation is 2. The Labute approximate surface area is 126 Å². The molecule has 0 aliphatic heterocycles. The first-order chi connectivity index (χ1) is 10.7. The first-order valence-electron chi connectivity index (χ1n) is 6.61. The zero-order chi connectivity index (χ0) is 15.4.